The van der Waals surface area contributed by atoms with Crippen molar-refractivity contribution in [2.45, 2.75) is 58.8 Å². The lowest BCUT2D eigenvalue weighted by Gasteiger charge is -2.32. The van der Waals surface area contributed by atoms with Crippen LogP contribution in [-0.4, -0.2) is 24.3 Å². The Morgan fingerprint density at radius 2 is 1.79 bits per heavy atom. The second-order valence-electron chi connectivity index (χ2n) is 9.69. The van der Waals surface area contributed by atoms with Crippen molar-refractivity contribution in [3.8, 4) is 0 Å². The molecule has 2 aromatic rings. The molecule has 1 aliphatic heterocycles. The Balaban J connectivity index is 0.000000602. The topological polar surface area (TPSA) is 70.9 Å². The van der Waals surface area contributed by atoms with Gasteiger partial charge in [0.25, 0.3) is 0 Å². The molecule has 1 aliphatic carbocycles. The van der Waals surface area contributed by atoms with Crippen LogP contribution >= 0.6 is 11.8 Å². The smallest absolute Gasteiger partial charge is 0.180 e. The van der Waals surface area contributed by atoms with Gasteiger partial charge in [-0.15, -0.1) is 6.58 Å². The number of fused-ring (bicyclic) bond motifs is 1. The number of amidine groups is 1. The Hall–Kier alpha value is -4.00. The largest absolute Gasteiger partial charge is 0.390 e. The summed E-state index contributed by atoms with van der Waals surface area (Å²) in [5.41, 5.74) is 10.9. The van der Waals surface area contributed by atoms with Gasteiger partial charge in [-0.25, -0.2) is 10.8 Å². The van der Waals surface area contributed by atoms with Crippen molar-refractivity contribution in [3.05, 3.63) is 144 Å². The maximum Gasteiger partial charge on any atom is 0.180 e. The highest BCUT2D eigenvalue weighted by atomic mass is 32.2. The maximum absolute atomic E-state index is 6.50. The number of hydrogen-bond acceptors (Lipinski definition) is 6. The second kappa shape index (κ2) is 21.7. The quantitative estimate of drug-likeness (QED) is 0.150. The molecular weight excluding hydrogens is 547 g/mol. The monoisotopic (exact) mass is 597 g/mol. The van der Waals surface area contributed by atoms with Crippen LogP contribution in [0.2, 0.25) is 0 Å². The molecule has 6 heteroatoms. The van der Waals surface area contributed by atoms with E-state index in [2.05, 4.69) is 87.5 Å². The fourth-order valence-electron chi connectivity index (χ4n) is 4.02. The zero-order valence-electron chi connectivity index (χ0n) is 27.0. The highest BCUT2D eigenvalue weighted by molar-refractivity contribution is 8.03. The van der Waals surface area contributed by atoms with Crippen LogP contribution in [0.5, 0.6) is 0 Å². The van der Waals surface area contributed by atoms with E-state index in [0.717, 1.165) is 47.8 Å². The molecule has 4 N–H and O–H groups in total. The van der Waals surface area contributed by atoms with Gasteiger partial charge in [-0.2, -0.15) is 0 Å². The SMILES string of the molecule is C/C=C\CC.C=C/C=C\C.C=CC.Cc1cccc(S/C(N)=C2\N=C(N(C)CC3=CCCC=C3)c3ccccc3N2N)c1. The highest BCUT2D eigenvalue weighted by Crippen LogP contribution is 2.34. The summed E-state index contributed by atoms with van der Waals surface area (Å²) in [5.74, 6) is 7.89. The van der Waals surface area contributed by atoms with Crippen LogP contribution in [0.3, 0.4) is 0 Å². The molecule has 2 aliphatic rings. The summed E-state index contributed by atoms with van der Waals surface area (Å²) in [6.45, 7) is 17.7. The lowest BCUT2D eigenvalue weighted by molar-refractivity contribution is 0.549. The van der Waals surface area contributed by atoms with Crippen LogP contribution in [0.15, 0.2) is 143 Å². The van der Waals surface area contributed by atoms with Gasteiger partial charge in [-0.1, -0.05) is 110 Å². The van der Waals surface area contributed by atoms with E-state index in [-0.39, 0.29) is 0 Å². The van der Waals surface area contributed by atoms with Crippen molar-refractivity contribution in [1.82, 2.24) is 4.90 Å². The standard InChI is InChI=1S/C24H27N5S.C5H10.C5H8.C3H6/c1-17-9-8-12-19(15-17)30-22(25)24-27-23(20-13-6-7-14-21(20)29(24)26)28(2)16-18-10-4-3-5-11-18;2*1-3-5-4-2;1-3-2/h4,6-15H,3,5,16,25-26H2,1-2H3;3,5H,4H2,1-2H3;3-5H,1H2,2H3;3H,1H2,2H3/b24-22+;5-3-;5-4-;. The summed E-state index contributed by atoms with van der Waals surface area (Å²) in [7, 11) is 2.06. The Morgan fingerprint density at radius 3 is 2.33 bits per heavy atom. The molecule has 0 amide bonds. The Morgan fingerprint density at radius 1 is 1.07 bits per heavy atom. The van der Waals surface area contributed by atoms with E-state index in [0.29, 0.717) is 10.9 Å². The number of rotatable bonds is 6. The number of aliphatic imine (C=N–C) groups is 1. The van der Waals surface area contributed by atoms with E-state index in [1.54, 1.807) is 17.2 Å². The van der Waals surface area contributed by atoms with Crippen LogP contribution < -0.4 is 16.6 Å². The first-order valence-corrected chi connectivity index (χ1v) is 15.5. The molecule has 0 saturated carbocycles. The third kappa shape index (κ3) is 13.2. The number of para-hydroxylation sites is 1. The summed E-state index contributed by atoms with van der Waals surface area (Å²) < 4.78 is 0. The van der Waals surface area contributed by atoms with Crippen LogP contribution in [0.4, 0.5) is 5.69 Å². The van der Waals surface area contributed by atoms with E-state index in [1.165, 1.54) is 22.9 Å². The number of nitrogens with zero attached hydrogens (tertiary/aromatic N) is 3. The van der Waals surface area contributed by atoms with Crippen molar-refractivity contribution in [1.29, 1.82) is 0 Å². The summed E-state index contributed by atoms with van der Waals surface area (Å²) in [4.78, 5) is 8.14. The number of anilines is 1. The molecule has 0 spiro atoms. The molecule has 4 rings (SSSR count). The maximum atomic E-state index is 6.50. The molecule has 230 valence electrons. The first-order valence-electron chi connectivity index (χ1n) is 14.7. The number of allylic oxidation sites excluding steroid dienone is 8. The number of nitrogens with two attached hydrogens (primary N) is 2. The normalized spacial score (nSPS) is 14.5. The van der Waals surface area contributed by atoms with E-state index >= 15 is 0 Å². The highest BCUT2D eigenvalue weighted by Gasteiger charge is 2.26. The predicted molar refractivity (Wildman–Crippen MR) is 193 cm³/mol. The minimum atomic E-state index is 0.565. The fraction of sp³-hybridized carbons (Fsp3) is 0.270. The molecule has 0 unspecified atom stereocenters. The van der Waals surface area contributed by atoms with Crippen LogP contribution in [0.25, 0.3) is 0 Å². The number of hydrogen-bond donors (Lipinski definition) is 2. The third-order valence-corrected chi connectivity index (χ3v) is 6.83. The molecule has 0 bridgehead atoms. The molecule has 0 fully saturated rings. The van der Waals surface area contributed by atoms with Crippen LogP contribution in [0, 0.1) is 6.92 Å². The molecule has 5 nitrogen and oxygen atoms in total. The lowest BCUT2D eigenvalue weighted by atomic mass is 10.1. The predicted octanol–water partition coefficient (Wildman–Crippen LogP) is 9.43. The van der Waals surface area contributed by atoms with Crippen molar-refractivity contribution in [2.75, 3.05) is 18.6 Å². The molecule has 0 atom stereocenters. The van der Waals surface area contributed by atoms with E-state index < -0.39 is 0 Å². The average molecular weight is 598 g/mol. The molecular formula is C37H51N5S. The molecule has 2 aromatic carbocycles. The van der Waals surface area contributed by atoms with Gasteiger partial charge in [0.15, 0.2) is 5.82 Å². The summed E-state index contributed by atoms with van der Waals surface area (Å²) in [6, 6.07) is 16.3. The van der Waals surface area contributed by atoms with Gasteiger partial charge in [0.05, 0.1) is 5.69 Å². The number of hydrazine groups is 1. The van der Waals surface area contributed by atoms with Crippen LogP contribution in [0.1, 0.15) is 58.1 Å². The van der Waals surface area contributed by atoms with Gasteiger partial charge >= 0.3 is 0 Å². The zero-order valence-corrected chi connectivity index (χ0v) is 27.8. The molecule has 0 aromatic heterocycles. The van der Waals surface area contributed by atoms with E-state index in [1.807, 2.05) is 63.3 Å². The summed E-state index contributed by atoms with van der Waals surface area (Å²) in [6.07, 6.45) is 21.6. The van der Waals surface area contributed by atoms with Crippen molar-refractivity contribution in [3.63, 3.8) is 0 Å². The number of thioether (sulfide) groups is 1. The zero-order chi connectivity index (χ0) is 32.0. The van der Waals surface area contributed by atoms with E-state index in [4.69, 9.17) is 16.6 Å². The first-order chi connectivity index (χ1) is 20.8. The van der Waals surface area contributed by atoms with Gasteiger partial charge in [0.2, 0.25) is 0 Å². The number of benzene rings is 2. The van der Waals surface area contributed by atoms with Crippen LogP contribution in [-0.2, 0) is 0 Å². The van der Waals surface area contributed by atoms with Crippen molar-refractivity contribution >= 4 is 23.3 Å². The second-order valence-corrected chi connectivity index (χ2v) is 10.8. The Kier molecular flexibility index (Phi) is 18.7. The summed E-state index contributed by atoms with van der Waals surface area (Å²) >= 11 is 1.48. The summed E-state index contributed by atoms with van der Waals surface area (Å²) in [5, 5.41) is 2.16. The Bertz CT molecular complexity index is 1330. The van der Waals surface area contributed by atoms with Crippen molar-refractivity contribution in [2.24, 2.45) is 16.6 Å². The third-order valence-electron chi connectivity index (χ3n) is 5.94. The molecule has 0 saturated heterocycles. The molecule has 1 heterocycles. The van der Waals surface area contributed by atoms with Gasteiger partial charge in [-0.05, 0) is 76.8 Å². The van der Waals surface area contributed by atoms with Crippen molar-refractivity contribution < 1.29 is 0 Å². The fourth-order valence-corrected chi connectivity index (χ4v) is 4.90. The first kappa shape index (κ1) is 37.0. The van der Waals surface area contributed by atoms with Gasteiger partial charge in [0.1, 0.15) is 10.9 Å². The number of aryl methyl sites for hydroxylation is 1. The van der Waals surface area contributed by atoms with E-state index in [9.17, 15) is 0 Å². The molecule has 43 heavy (non-hydrogen) atoms. The Labute approximate surface area is 265 Å². The minimum Gasteiger partial charge on any atom is -0.390 e. The lowest BCUT2D eigenvalue weighted by Crippen LogP contribution is -2.40. The number of likely N-dealkylation sites (N-methyl/N-ethyl adjacent to an activating group) is 1. The average Bonchev–Trinajstić information content (AvgIpc) is 3.00. The van der Waals surface area contributed by atoms with Gasteiger partial charge < -0.3 is 10.6 Å². The van der Waals surface area contributed by atoms with Gasteiger partial charge in [0, 0.05) is 24.1 Å². The van der Waals surface area contributed by atoms with Gasteiger partial charge in [-0.3, -0.25) is 5.01 Å². The minimum absolute atomic E-state index is 0.565. The molecule has 0 radical (unpaired) electrons.